The number of carbonyl (C=O) groups is 1. The number of fused-ring (bicyclic) bond motifs is 1. The monoisotopic (exact) mass is 275 g/mol. The molecular weight excluding hydrogens is 264 g/mol. The van der Waals surface area contributed by atoms with Gasteiger partial charge in [-0.05, 0) is 23.8 Å². The number of para-hydroxylation sites is 1. The van der Waals surface area contributed by atoms with Crippen LogP contribution in [0, 0.1) is 11.6 Å². The number of rotatable bonds is 2. The summed E-state index contributed by atoms with van der Waals surface area (Å²) in [4.78, 5) is 16.1. The van der Waals surface area contributed by atoms with Crippen LogP contribution in [0.4, 0.5) is 20.3 Å². The zero-order valence-electron chi connectivity index (χ0n) is 10.4. The third-order valence-electron chi connectivity index (χ3n) is 3.15. The fraction of sp³-hybridized carbons (Fsp3) is 0.143. The van der Waals surface area contributed by atoms with Crippen molar-refractivity contribution in [2.45, 2.75) is 12.5 Å². The van der Waals surface area contributed by atoms with Gasteiger partial charge in [-0.2, -0.15) is 0 Å². The van der Waals surface area contributed by atoms with E-state index in [1.54, 1.807) is 12.3 Å². The van der Waals surface area contributed by atoms with Crippen molar-refractivity contribution in [1.82, 2.24) is 4.98 Å². The Hall–Kier alpha value is -2.50. The molecule has 1 aliphatic rings. The first-order valence-electron chi connectivity index (χ1n) is 6.10. The summed E-state index contributed by atoms with van der Waals surface area (Å²) in [6, 6.07) is 6.48. The summed E-state index contributed by atoms with van der Waals surface area (Å²) in [6.45, 7) is 0. The summed E-state index contributed by atoms with van der Waals surface area (Å²) in [7, 11) is 0. The number of carbonyl (C=O) groups excluding carboxylic acids is 1. The highest BCUT2D eigenvalue weighted by Crippen LogP contribution is 2.24. The second-order valence-corrected chi connectivity index (χ2v) is 4.50. The van der Waals surface area contributed by atoms with Crippen molar-refractivity contribution in [3.05, 3.63) is 53.7 Å². The Morgan fingerprint density at radius 3 is 2.70 bits per heavy atom. The molecule has 0 spiro atoms. The Bertz CT molecular complexity index is 630. The van der Waals surface area contributed by atoms with Crippen LogP contribution in [0.25, 0.3) is 0 Å². The molecule has 0 saturated carbocycles. The molecule has 0 bridgehead atoms. The average molecular weight is 275 g/mol. The second kappa shape index (κ2) is 4.88. The van der Waals surface area contributed by atoms with Gasteiger partial charge in [-0.3, -0.25) is 4.79 Å². The number of benzene rings is 1. The topological polar surface area (TPSA) is 54.0 Å². The van der Waals surface area contributed by atoms with E-state index < -0.39 is 29.3 Å². The first-order chi connectivity index (χ1) is 9.65. The number of hydrogen-bond donors (Lipinski definition) is 2. The molecule has 2 heterocycles. The number of nitrogens with one attached hydrogen (secondary N) is 2. The van der Waals surface area contributed by atoms with Gasteiger partial charge in [0.2, 0.25) is 5.91 Å². The zero-order valence-corrected chi connectivity index (χ0v) is 10.4. The minimum atomic E-state index is -0.799. The lowest BCUT2D eigenvalue weighted by Gasteiger charge is -2.12. The van der Waals surface area contributed by atoms with E-state index in [1.165, 1.54) is 6.07 Å². The smallest absolute Gasteiger partial charge is 0.247 e. The van der Waals surface area contributed by atoms with E-state index in [0.29, 0.717) is 12.2 Å². The van der Waals surface area contributed by atoms with Gasteiger partial charge in [-0.1, -0.05) is 12.1 Å². The third kappa shape index (κ3) is 2.20. The van der Waals surface area contributed by atoms with E-state index in [4.69, 9.17) is 0 Å². The molecule has 1 atom stereocenters. The van der Waals surface area contributed by atoms with Crippen molar-refractivity contribution in [3.63, 3.8) is 0 Å². The Morgan fingerprint density at radius 2 is 2.00 bits per heavy atom. The number of amides is 1. The van der Waals surface area contributed by atoms with Crippen molar-refractivity contribution in [3.8, 4) is 0 Å². The van der Waals surface area contributed by atoms with Crippen LogP contribution in [0.3, 0.4) is 0 Å². The van der Waals surface area contributed by atoms with E-state index in [1.807, 2.05) is 6.07 Å². The van der Waals surface area contributed by atoms with Crippen molar-refractivity contribution in [2.24, 2.45) is 0 Å². The van der Waals surface area contributed by atoms with Gasteiger partial charge in [0.05, 0.1) is 0 Å². The van der Waals surface area contributed by atoms with Gasteiger partial charge in [0.1, 0.15) is 29.2 Å². The molecule has 0 radical (unpaired) electrons. The van der Waals surface area contributed by atoms with Crippen molar-refractivity contribution < 1.29 is 13.6 Å². The lowest BCUT2D eigenvalue weighted by atomic mass is 10.1. The Labute approximate surface area is 113 Å². The fourth-order valence-electron chi connectivity index (χ4n) is 2.16. The molecule has 4 nitrogen and oxygen atoms in total. The maximum absolute atomic E-state index is 13.5. The van der Waals surface area contributed by atoms with Crippen LogP contribution in [0.1, 0.15) is 5.56 Å². The van der Waals surface area contributed by atoms with Crippen molar-refractivity contribution in [1.29, 1.82) is 0 Å². The third-order valence-corrected chi connectivity index (χ3v) is 3.15. The number of hydrogen-bond acceptors (Lipinski definition) is 3. The summed E-state index contributed by atoms with van der Waals surface area (Å²) in [6.07, 6.45) is 2.05. The highest BCUT2D eigenvalue weighted by molar-refractivity contribution is 5.97. The predicted octanol–water partition coefficient (Wildman–Crippen LogP) is 2.34. The molecule has 2 aromatic rings. The molecular formula is C14H11F2N3O. The van der Waals surface area contributed by atoms with Gasteiger partial charge in [-0.25, -0.2) is 13.8 Å². The maximum Gasteiger partial charge on any atom is 0.247 e. The molecule has 3 rings (SSSR count). The number of nitrogens with zero attached hydrogens (tertiary/aromatic N) is 1. The van der Waals surface area contributed by atoms with Gasteiger partial charge in [-0.15, -0.1) is 0 Å². The van der Waals surface area contributed by atoms with E-state index in [-0.39, 0.29) is 0 Å². The number of anilines is 2. The second-order valence-electron chi connectivity index (χ2n) is 4.50. The highest BCUT2D eigenvalue weighted by Gasteiger charge is 2.28. The zero-order chi connectivity index (χ0) is 14.1. The van der Waals surface area contributed by atoms with Gasteiger partial charge in [0.25, 0.3) is 0 Å². The SMILES string of the molecule is O=C(Nc1c(F)cccc1F)C1Cc2cccnc2N1. The Balaban J connectivity index is 1.76. The Morgan fingerprint density at radius 1 is 1.25 bits per heavy atom. The minimum Gasteiger partial charge on any atom is -0.358 e. The largest absolute Gasteiger partial charge is 0.358 e. The molecule has 0 fully saturated rings. The van der Waals surface area contributed by atoms with Crippen LogP contribution in [-0.4, -0.2) is 16.9 Å². The van der Waals surface area contributed by atoms with Crippen molar-refractivity contribution in [2.75, 3.05) is 10.6 Å². The van der Waals surface area contributed by atoms with Crippen LogP contribution < -0.4 is 10.6 Å². The lowest BCUT2D eigenvalue weighted by Crippen LogP contribution is -2.33. The molecule has 1 amide bonds. The van der Waals surface area contributed by atoms with E-state index in [9.17, 15) is 13.6 Å². The Kier molecular flexibility index (Phi) is 3.06. The fourth-order valence-corrected chi connectivity index (χ4v) is 2.16. The molecule has 2 N–H and O–H groups in total. The molecule has 1 unspecified atom stereocenters. The standard InChI is InChI=1S/C14H11F2N3O/c15-9-4-1-5-10(16)12(9)19-14(20)11-7-8-3-2-6-17-13(8)18-11/h1-6,11H,7H2,(H,17,18)(H,19,20). The summed E-state index contributed by atoms with van der Waals surface area (Å²) < 4.78 is 26.9. The van der Waals surface area contributed by atoms with E-state index >= 15 is 0 Å². The maximum atomic E-state index is 13.5. The van der Waals surface area contributed by atoms with Crippen molar-refractivity contribution >= 4 is 17.4 Å². The van der Waals surface area contributed by atoms with Gasteiger partial charge >= 0.3 is 0 Å². The first-order valence-corrected chi connectivity index (χ1v) is 6.10. The summed E-state index contributed by atoms with van der Waals surface area (Å²) >= 11 is 0. The lowest BCUT2D eigenvalue weighted by molar-refractivity contribution is -0.116. The summed E-state index contributed by atoms with van der Waals surface area (Å²) in [5.74, 6) is -1.47. The van der Waals surface area contributed by atoms with Gasteiger partial charge < -0.3 is 10.6 Å². The van der Waals surface area contributed by atoms with Crippen LogP contribution in [-0.2, 0) is 11.2 Å². The molecule has 0 aliphatic carbocycles. The number of halogens is 2. The highest BCUT2D eigenvalue weighted by atomic mass is 19.1. The number of aromatic nitrogens is 1. The molecule has 1 aromatic carbocycles. The van der Waals surface area contributed by atoms with Crippen LogP contribution in [0.5, 0.6) is 0 Å². The summed E-state index contributed by atoms with van der Waals surface area (Å²) in [5, 5.41) is 5.20. The molecule has 0 saturated heterocycles. The summed E-state index contributed by atoms with van der Waals surface area (Å²) in [5.41, 5.74) is 0.477. The van der Waals surface area contributed by atoms with E-state index in [0.717, 1.165) is 17.7 Å². The average Bonchev–Trinajstić information content (AvgIpc) is 2.87. The first kappa shape index (κ1) is 12.5. The quantitative estimate of drug-likeness (QED) is 0.884. The molecule has 6 heteroatoms. The normalized spacial score (nSPS) is 16.4. The minimum absolute atomic E-state index is 0.428. The predicted molar refractivity (Wildman–Crippen MR) is 70.3 cm³/mol. The van der Waals surface area contributed by atoms with Gasteiger partial charge in [0, 0.05) is 12.6 Å². The van der Waals surface area contributed by atoms with Gasteiger partial charge in [0.15, 0.2) is 0 Å². The molecule has 102 valence electrons. The van der Waals surface area contributed by atoms with Crippen LogP contribution in [0.15, 0.2) is 36.5 Å². The van der Waals surface area contributed by atoms with E-state index in [2.05, 4.69) is 15.6 Å². The molecule has 1 aromatic heterocycles. The number of pyridine rings is 1. The van der Waals surface area contributed by atoms with Crippen LogP contribution in [0.2, 0.25) is 0 Å². The molecule has 1 aliphatic heterocycles. The van der Waals surface area contributed by atoms with Crippen LogP contribution >= 0.6 is 0 Å². The molecule has 20 heavy (non-hydrogen) atoms.